The third kappa shape index (κ3) is 11.9. The van der Waals surface area contributed by atoms with Gasteiger partial charge in [0.2, 0.25) is 0 Å². The fraction of sp³-hybridized carbons (Fsp3) is 0.682. The fourth-order valence-corrected chi connectivity index (χ4v) is 2.83. The molecule has 0 aromatic heterocycles. The number of ether oxygens (including phenoxy) is 2. The van der Waals surface area contributed by atoms with Crippen LogP contribution in [0.4, 0.5) is 0 Å². The monoisotopic (exact) mass is 348 g/mol. The summed E-state index contributed by atoms with van der Waals surface area (Å²) in [7, 11) is 0. The normalized spacial score (nSPS) is 20.0. The van der Waals surface area contributed by atoms with Gasteiger partial charge in [0, 0.05) is 13.0 Å². The first-order valence-corrected chi connectivity index (χ1v) is 9.75. The highest BCUT2D eigenvalue weighted by Gasteiger charge is 2.12. The molecule has 0 aliphatic carbocycles. The number of carbonyl (C=O) groups is 1. The van der Waals surface area contributed by atoms with Crippen molar-refractivity contribution < 1.29 is 14.3 Å². The summed E-state index contributed by atoms with van der Waals surface area (Å²) in [4.78, 5) is 10.4. The van der Waals surface area contributed by atoms with Crippen molar-refractivity contribution in [2.45, 2.75) is 84.8 Å². The van der Waals surface area contributed by atoms with E-state index in [0.29, 0.717) is 13.0 Å². The quantitative estimate of drug-likeness (QED) is 0.325. The van der Waals surface area contributed by atoms with Crippen molar-refractivity contribution in [3.05, 3.63) is 34.9 Å². The van der Waals surface area contributed by atoms with Gasteiger partial charge in [-0.2, -0.15) is 0 Å². The van der Waals surface area contributed by atoms with Crippen LogP contribution in [0.5, 0.6) is 0 Å². The van der Waals surface area contributed by atoms with E-state index in [2.05, 4.69) is 39.0 Å². The van der Waals surface area contributed by atoms with Crippen molar-refractivity contribution in [3.63, 3.8) is 0 Å². The van der Waals surface area contributed by atoms with E-state index in [9.17, 15) is 4.79 Å². The first kappa shape index (κ1) is 21.9. The van der Waals surface area contributed by atoms with Crippen LogP contribution in [0, 0.1) is 0 Å². The summed E-state index contributed by atoms with van der Waals surface area (Å²) < 4.78 is 11.3. The van der Waals surface area contributed by atoms with E-state index in [4.69, 9.17) is 9.47 Å². The maximum Gasteiger partial charge on any atom is 0.157 e. The van der Waals surface area contributed by atoms with Gasteiger partial charge in [0.15, 0.2) is 6.29 Å². The van der Waals surface area contributed by atoms with Gasteiger partial charge in [-0.15, -0.1) is 0 Å². The second-order valence-electron chi connectivity index (χ2n) is 7.06. The van der Waals surface area contributed by atoms with Gasteiger partial charge >= 0.3 is 0 Å². The van der Waals surface area contributed by atoms with Crippen molar-refractivity contribution in [1.29, 1.82) is 0 Å². The third-order valence-electron chi connectivity index (χ3n) is 4.57. The Hall–Kier alpha value is -1.19. The number of allylic oxidation sites excluding steroid dienone is 5. The van der Waals surface area contributed by atoms with Gasteiger partial charge in [0.05, 0.1) is 6.61 Å². The average molecular weight is 349 g/mol. The minimum absolute atomic E-state index is 0.00276. The summed E-state index contributed by atoms with van der Waals surface area (Å²) in [6, 6.07) is 0. The molecule has 0 aromatic carbocycles. The minimum atomic E-state index is 0.00276. The molecule has 25 heavy (non-hydrogen) atoms. The van der Waals surface area contributed by atoms with Crippen molar-refractivity contribution >= 4 is 6.29 Å². The molecule has 1 aliphatic rings. The molecule has 0 saturated carbocycles. The zero-order valence-corrected chi connectivity index (χ0v) is 16.4. The highest BCUT2D eigenvalue weighted by Crippen LogP contribution is 2.15. The number of hydrogen-bond donors (Lipinski definition) is 0. The summed E-state index contributed by atoms with van der Waals surface area (Å²) in [5.41, 5.74) is 4.14. The summed E-state index contributed by atoms with van der Waals surface area (Å²) in [6.07, 6.45) is 17.0. The molecule has 1 aliphatic heterocycles. The average Bonchev–Trinajstić information content (AvgIpc) is 2.61. The summed E-state index contributed by atoms with van der Waals surface area (Å²) >= 11 is 0. The van der Waals surface area contributed by atoms with E-state index < -0.39 is 0 Å². The SMILES string of the molecule is C/C(=C\CC/C(C)=C/CC/C(C)=C/COC1CCCCO1)CCC=O. The second-order valence-corrected chi connectivity index (χ2v) is 7.06. The second kappa shape index (κ2) is 14.0. The predicted molar refractivity (Wildman–Crippen MR) is 105 cm³/mol. The molecule has 0 amide bonds. The van der Waals surface area contributed by atoms with Crippen LogP contribution in [0.25, 0.3) is 0 Å². The molecule has 0 radical (unpaired) electrons. The van der Waals surface area contributed by atoms with E-state index >= 15 is 0 Å². The van der Waals surface area contributed by atoms with Gasteiger partial charge in [-0.1, -0.05) is 34.9 Å². The van der Waals surface area contributed by atoms with Crippen LogP contribution in [0.15, 0.2) is 34.9 Å². The summed E-state index contributed by atoms with van der Waals surface area (Å²) in [6.45, 7) is 7.98. The lowest BCUT2D eigenvalue weighted by Gasteiger charge is -2.22. The lowest BCUT2D eigenvalue weighted by Crippen LogP contribution is -2.22. The maximum absolute atomic E-state index is 10.4. The molecule has 0 N–H and O–H groups in total. The largest absolute Gasteiger partial charge is 0.353 e. The minimum Gasteiger partial charge on any atom is -0.353 e. The van der Waals surface area contributed by atoms with Crippen LogP contribution in [0.3, 0.4) is 0 Å². The van der Waals surface area contributed by atoms with Crippen molar-refractivity contribution in [3.8, 4) is 0 Å². The molecule has 3 nitrogen and oxygen atoms in total. The van der Waals surface area contributed by atoms with Crippen LogP contribution in [0.1, 0.15) is 78.6 Å². The van der Waals surface area contributed by atoms with Crippen molar-refractivity contribution in [2.75, 3.05) is 13.2 Å². The lowest BCUT2D eigenvalue weighted by molar-refractivity contribution is -0.155. The highest BCUT2D eigenvalue weighted by atomic mass is 16.7. The van der Waals surface area contributed by atoms with Crippen molar-refractivity contribution in [2.24, 2.45) is 0 Å². The Morgan fingerprint density at radius 3 is 2.08 bits per heavy atom. The molecule has 142 valence electrons. The Morgan fingerprint density at radius 2 is 1.52 bits per heavy atom. The van der Waals surface area contributed by atoms with E-state index in [0.717, 1.165) is 57.8 Å². The summed E-state index contributed by atoms with van der Waals surface area (Å²) in [5, 5.41) is 0. The van der Waals surface area contributed by atoms with Crippen LogP contribution < -0.4 is 0 Å². The first-order valence-electron chi connectivity index (χ1n) is 9.75. The van der Waals surface area contributed by atoms with Crippen LogP contribution in [0.2, 0.25) is 0 Å². The number of hydrogen-bond acceptors (Lipinski definition) is 3. The zero-order chi connectivity index (χ0) is 18.3. The molecular formula is C22H36O3. The highest BCUT2D eigenvalue weighted by molar-refractivity contribution is 5.49. The number of aldehydes is 1. The molecule has 3 heteroatoms. The van der Waals surface area contributed by atoms with Gasteiger partial charge in [-0.05, 0) is 72.1 Å². The molecular weight excluding hydrogens is 312 g/mol. The van der Waals surface area contributed by atoms with Crippen LogP contribution >= 0.6 is 0 Å². The molecule has 0 aromatic rings. The summed E-state index contributed by atoms with van der Waals surface area (Å²) in [5.74, 6) is 0. The number of rotatable bonds is 12. The van der Waals surface area contributed by atoms with Gasteiger partial charge in [0.25, 0.3) is 0 Å². The standard InChI is InChI=1S/C22H36O3/c1-19(9-6-11-20(2)13-8-16-23)10-7-12-21(3)15-18-25-22-14-4-5-17-24-22/h10-11,15-16,22H,4-9,12-14,17-18H2,1-3H3/b19-10+,20-11+,21-15+. The topological polar surface area (TPSA) is 35.5 Å². The fourth-order valence-electron chi connectivity index (χ4n) is 2.83. The molecule has 0 bridgehead atoms. The number of carbonyl (C=O) groups excluding carboxylic acids is 1. The molecule has 1 atom stereocenters. The van der Waals surface area contributed by atoms with Gasteiger partial charge < -0.3 is 14.3 Å². The Labute approximate surface area is 154 Å². The molecule has 1 heterocycles. The van der Waals surface area contributed by atoms with Crippen molar-refractivity contribution in [1.82, 2.24) is 0 Å². The zero-order valence-electron chi connectivity index (χ0n) is 16.4. The Balaban J connectivity index is 2.14. The molecule has 1 rings (SSSR count). The van der Waals surface area contributed by atoms with E-state index in [1.807, 2.05) is 0 Å². The van der Waals surface area contributed by atoms with Crippen LogP contribution in [-0.2, 0) is 14.3 Å². The Bertz CT molecular complexity index is 454. The lowest BCUT2D eigenvalue weighted by atomic mass is 10.1. The van der Waals surface area contributed by atoms with Gasteiger partial charge in [-0.3, -0.25) is 0 Å². The van der Waals surface area contributed by atoms with E-state index in [1.54, 1.807) is 0 Å². The maximum atomic E-state index is 10.4. The third-order valence-corrected chi connectivity index (χ3v) is 4.57. The predicted octanol–water partition coefficient (Wildman–Crippen LogP) is 5.91. The Morgan fingerprint density at radius 1 is 0.920 bits per heavy atom. The van der Waals surface area contributed by atoms with E-state index in [-0.39, 0.29) is 6.29 Å². The Kier molecular flexibility index (Phi) is 12.3. The molecule has 1 unspecified atom stereocenters. The van der Waals surface area contributed by atoms with E-state index in [1.165, 1.54) is 23.1 Å². The molecule has 1 saturated heterocycles. The van der Waals surface area contributed by atoms with Crippen LogP contribution in [-0.4, -0.2) is 25.8 Å². The molecule has 1 fully saturated rings. The van der Waals surface area contributed by atoms with Gasteiger partial charge in [-0.25, -0.2) is 0 Å². The molecule has 0 spiro atoms. The van der Waals surface area contributed by atoms with Gasteiger partial charge in [0.1, 0.15) is 6.29 Å². The smallest absolute Gasteiger partial charge is 0.157 e. The first-order chi connectivity index (χ1) is 12.1.